The van der Waals surface area contributed by atoms with Gasteiger partial charge in [0.25, 0.3) is 6.47 Å². The number of ether oxygens (including phenoxy) is 2. The van der Waals surface area contributed by atoms with Gasteiger partial charge in [-0.1, -0.05) is 12.2 Å². The highest BCUT2D eigenvalue weighted by molar-refractivity contribution is 8.00. The minimum absolute atomic E-state index is 0.176. The van der Waals surface area contributed by atoms with Gasteiger partial charge in [-0.3, -0.25) is 9.69 Å². The fraction of sp³-hybridized carbons (Fsp3) is 0.857. The molecule has 2 bridgehead atoms. The molecule has 0 aromatic carbocycles. The Kier molecular flexibility index (Phi) is 11.9. The van der Waals surface area contributed by atoms with Crippen LogP contribution in [0.25, 0.3) is 0 Å². The zero-order valence-corrected chi connectivity index (χ0v) is 21.0. The number of rotatable bonds is 4. The molecule has 0 saturated carbocycles. The Hall–Kier alpha value is -0.410. The smallest absolute Gasteiger partial charge is 0.290 e. The molecule has 0 aromatic rings. The number of nitrogens with one attached hydrogen (secondary N) is 1. The quantitative estimate of drug-likeness (QED) is 0.192. The summed E-state index contributed by atoms with van der Waals surface area (Å²) in [7, 11) is 0. The lowest BCUT2D eigenvalue weighted by Gasteiger charge is -2.45. The van der Waals surface area contributed by atoms with Crippen molar-refractivity contribution in [3.63, 3.8) is 0 Å². The molecule has 0 aromatic heterocycles. The first-order valence-corrected chi connectivity index (χ1v) is 13.2. The summed E-state index contributed by atoms with van der Waals surface area (Å²) in [6, 6.07) is -0.447. The molecule has 3 aliphatic rings. The third-order valence-electron chi connectivity index (χ3n) is 5.67. The van der Waals surface area contributed by atoms with E-state index >= 15 is 0 Å². The standard InChI is InChI=1S/C20H36N2O6S2.CH2O2/c1-20(2,3)30(26)21-14-7-5-4-6-13(12-22-8-10-27-11-9-22)29-19-17(25)15(23)16(24)18(14)28-19;2-1-3/h4-5,13-19,21,23-25H,6-12H2,1-3H3;1H,(H,2,3)/b5-4-;/t13-,14+,15-,16+,17+,18+,19+,30-;/m0./s1. The molecule has 0 radical (unpaired) electrons. The number of morpholine rings is 1. The van der Waals surface area contributed by atoms with E-state index < -0.39 is 52.0 Å². The second-order valence-corrected chi connectivity index (χ2v) is 12.7. The summed E-state index contributed by atoms with van der Waals surface area (Å²) < 4.78 is 26.8. The molecular formula is C21H38N2O8S2. The highest BCUT2D eigenvalue weighted by atomic mass is 32.2. The molecule has 0 aliphatic carbocycles. The van der Waals surface area contributed by atoms with Crippen LogP contribution in [0.15, 0.2) is 12.2 Å². The zero-order valence-electron chi connectivity index (χ0n) is 19.4. The van der Waals surface area contributed by atoms with Crippen molar-refractivity contribution in [2.24, 2.45) is 0 Å². The second-order valence-electron chi connectivity index (χ2n) is 9.27. The summed E-state index contributed by atoms with van der Waals surface area (Å²) in [5.74, 6) is 0. The van der Waals surface area contributed by atoms with Crippen molar-refractivity contribution in [1.29, 1.82) is 0 Å². The van der Waals surface area contributed by atoms with Crippen molar-refractivity contribution in [3.05, 3.63) is 12.2 Å². The third-order valence-corrected chi connectivity index (χ3v) is 8.68. The predicted octanol–water partition coefficient (Wildman–Crippen LogP) is -0.301. The van der Waals surface area contributed by atoms with Gasteiger partial charge >= 0.3 is 0 Å². The number of nitrogens with zero attached hydrogens (tertiary/aromatic N) is 1. The highest BCUT2D eigenvalue weighted by Crippen LogP contribution is 2.35. The minimum atomic E-state index is -1.36. The molecule has 3 rings (SSSR count). The van der Waals surface area contributed by atoms with E-state index in [4.69, 9.17) is 19.4 Å². The molecule has 192 valence electrons. The summed E-state index contributed by atoms with van der Waals surface area (Å²) in [5, 5.41) is 38.8. The number of hydrogen-bond acceptors (Lipinski definition) is 10. The lowest BCUT2D eigenvalue weighted by molar-refractivity contribution is -0.203. The number of hydrogen-bond donors (Lipinski definition) is 5. The molecule has 3 heterocycles. The molecule has 5 N–H and O–H groups in total. The Bertz CT molecular complexity index is 618. The van der Waals surface area contributed by atoms with Crippen molar-refractivity contribution in [1.82, 2.24) is 9.62 Å². The third kappa shape index (κ3) is 8.64. The summed E-state index contributed by atoms with van der Waals surface area (Å²) in [5.41, 5.74) is -0.668. The van der Waals surface area contributed by atoms with Crippen LogP contribution in [0.2, 0.25) is 0 Å². The van der Waals surface area contributed by atoms with Gasteiger partial charge in [0.05, 0.1) is 19.3 Å². The maximum absolute atomic E-state index is 12.7. The van der Waals surface area contributed by atoms with Gasteiger partial charge in [0, 0.05) is 36.2 Å². The number of carboxylic acid groups (broad SMARTS) is 1. The number of aliphatic hydroxyl groups is 3. The van der Waals surface area contributed by atoms with Gasteiger partial charge in [-0.25, -0.2) is 0 Å². The van der Waals surface area contributed by atoms with Crippen LogP contribution < -0.4 is 4.72 Å². The van der Waals surface area contributed by atoms with Gasteiger partial charge in [-0.15, -0.1) is 16.5 Å². The number of allylic oxidation sites excluding steroid dienone is 1. The molecule has 0 unspecified atom stereocenters. The average Bonchev–Trinajstić information content (AvgIpc) is 2.76. The monoisotopic (exact) mass is 510 g/mol. The van der Waals surface area contributed by atoms with Gasteiger partial charge in [0.15, 0.2) is 0 Å². The van der Waals surface area contributed by atoms with Crippen LogP contribution >= 0.6 is 11.8 Å². The van der Waals surface area contributed by atoms with Gasteiger partial charge < -0.3 is 34.5 Å². The van der Waals surface area contributed by atoms with Crippen LogP contribution in [0, 0.1) is 0 Å². The molecule has 8 atom stereocenters. The number of thioether (sulfide) groups is 1. The average molecular weight is 511 g/mol. The lowest BCUT2D eigenvalue weighted by Crippen LogP contribution is -2.63. The van der Waals surface area contributed by atoms with Gasteiger partial charge in [-0.2, -0.15) is 0 Å². The SMILES string of the molecule is CC(C)(C)[S@+]([O-])N[C@@H]1C/C=C\C[C@@H](CN2CCOCC2)S[C@H]2O[C@H]1[C@H](O)[C@H](O)[C@H]2O.O=CO. The number of carbonyl (C=O) groups is 1. The van der Waals surface area contributed by atoms with Gasteiger partial charge in [-0.05, 0) is 33.6 Å². The Balaban J connectivity index is 0.00000122. The van der Waals surface area contributed by atoms with Crippen LogP contribution in [0.3, 0.4) is 0 Å². The number of fused-ring (bicyclic) bond motifs is 2. The van der Waals surface area contributed by atoms with Crippen LogP contribution in [-0.2, 0) is 25.6 Å². The van der Waals surface area contributed by atoms with Crippen molar-refractivity contribution in [2.45, 2.75) is 79.5 Å². The topological polar surface area (TPSA) is 155 Å². The zero-order chi connectivity index (χ0) is 24.6. The Morgan fingerprint density at radius 1 is 1.15 bits per heavy atom. The molecular weight excluding hydrogens is 472 g/mol. The summed E-state index contributed by atoms with van der Waals surface area (Å²) >= 11 is 0.137. The van der Waals surface area contributed by atoms with E-state index in [2.05, 4.69) is 15.7 Å². The van der Waals surface area contributed by atoms with E-state index in [1.54, 1.807) is 0 Å². The van der Waals surface area contributed by atoms with E-state index in [1.165, 1.54) is 11.8 Å². The highest BCUT2D eigenvalue weighted by Gasteiger charge is 2.48. The van der Waals surface area contributed by atoms with Crippen molar-refractivity contribution in [2.75, 3.05) is 32.8 Å². The van der Waals surface area contributed by atoms with E-state index in [9.17, 15) is 19.9 Å². The molecule has 12 heteroatoms. The first kappa shape index (κ1) is 28.8. The number of aliphatic hydroxyl groups excluding tert-OH is 3. The van der Waals surface area contributed by atoms with E-state index in [1.807, 2.05) is 26.8 Å². The predicted molar refractivity (Wildman–Crippen MR) is 127 cm³/mol. The largest absolute Gasteiger partial charge is 0.598 e. The first-order valence-electron chi connectivity index (χ1n) is 11.1. The van der Waals surface area contributed by atoms with Crippen molar-refractivity contribution in [3.8, 4) is 0 Å². The second kappa shape index (κ2) is 13.6. The van der Waals surface area contributed by atoms with Crippen molar-refractivity contribution >= 4 is 29.6 Å². The van der Waals surface area contributed by atoms with Crippen LogP contribution in [0.5, 0.6) is 0 Å². The summed E-state index contributed by atoms with van der Waals surface area (Å²) in [4.78, 5) is 10.7. The van der Waals surface area contributed by atoms with Gasteiger partial charge in [0.1, 0.15) is 34.6 Å². The molecule has 10 nitrogen and oxygen atoms in total. The fourth-order valence-corrected chi connectivity index (χ4v) is 6.08. The molecule has 2 fully saturated rings. The molecule has 0 spiro atoms. The van der Waals surface area contributed by atoms with E-state index in [0.717, 1.165) is 39.3 Å². The normalized spacial score (nSPS) is 37.8. The summed E-state index contributed by atoms with van der Waals surface area (Å²) in [6.07, 6.45) is 0.893. The maximum Gasteiger partial charge on any atom is 0.290 e. The van der Waals surface area contributed by atoms with Crippen LogP contribution in [0.1, 0.15) is 33.6 Å². The fourth-order valence-electron chi connectivity index (χ4n) is 3.81. The molecule has 3 aliphatic heterocycles. The van der Waals surface area contributed by atoms with Crippen LogP contribution in [0.4, 0.5) is 0 Å². The lowest BCUT2D eigenvalue weighted by atomic mass is 9.93. The molecule has 2 saturated heterocycles. The summed E-state index contributed by atoms with van der Waals surface area (Å²) in [6.45, 7) is 9.41. The molecule has 0 amide bonds. The molecule has 33 heavy (non-hydrogen) atoms. The minimum Gasteiger partial charge on any atom is -0.598 e. The maximum atomic E-state index is 12.7. The Labute approximate surface area is 203 Å². The van der Waals surface area contributed by atoms with E-state index in [0.29, 0.717) is 6.42 Å². The Morgan fingerprint density at radius 2 is 1.76 bits per heavy atom. The first-order chi connectivity index (χ1) is 15.6. The van der Waals surface area contributed by atoms with Gasteiger partial charge in [0.2, 0.25) is 0 Å². The van der Waals surface area contributed by atoms with E-state index in [-0.39, 0.29) is 11.7 Å². The Morgan fingerprint density at radius 3 is 2.36 bits per heavy atom. The van der Waals surface area contributed by atoms with Crippen LogP contribution in [-0.4, -0.2) is 115 Å². The van der Waals surface area contributed by atoms with Crippen molar-refractivity contribution < 1.29 is 39.2 Å².